The fourth-order valence-electron chi connectivity index (χ4n) is 0.795. The molecule has 0 fully saturated rings. The van der Waals surface area contributed by atoms with E-state index < -0.39 is 17.3 Å². The van der Waals surface area contributed by atoms with Crippen molar-refractivity contribution in [3.8, 4) is 0 Å². The monoisotopic (exact) mass is 212 g/mol. The maximum absolute atomic E-state index is 13.0. The first-order valence-electron chi connectivity index (χ1n) is 3.87. The lowest BCUT2D eigenvalue weighted by atomic mass is 10.3. The first-order chi connectivity index (χ1) is 7.19. The summed E-state index contributed by atoms with van der Waals surface area (Å²) in [6.07, 6.45) is 0.383. The number of hydrazone groups is 1. The zero-order valence-corrected chi connectivity index (χ0v) is 7.41. The number of hydrogen-bond donors (Lipinski definition) is 1. The highest BCUT2D eigenvalue weighted by atomic mass is 19.2. The lowest BCUT2D eigenvalue weighted by molar-refractivity contribution is -0.106. The predicted molar refractivity (Wildman–Crippen MR) is 49.5 cm³/mol. The molecule has 1 N–H and O–H groups in total. The van der Waals surface area contributed by atoms with Gasteiger partial charge in [0, 0.05) is 0 Å². The van der Waals surface area contributed by atoms with Gasteiger partial charge in [0.2, 0.25) is 0 Å². The van der Waals surface area contributed by atoms with Gasteiger partial charge >= 0.3 is 0 Å². The minimum absolute atomic E-state index is 0.192. The molecule has 0 spiro atoms. The number of nitrogens with one attached hydrogen (secondary N) is 1. The van der Waals surface area contributed by atoms with E-state index in [1.165, 1.54) is 12.1 Å². The van der Waals surface area contributed by atoms with Crippen LogP contribution in [0, 0.1) is 11.6 Å². The van der Waals surface area contributed by atoms with Gasteiger partial charge in [-0.25, -0.2) is 8.78 Å². The summed E-state index contributed by atoms with van der Waals surface area (Å²) in [5, 5.41) is 3.26. The van der Waals surface area contributed by atoms with Gasteiger partial charge in [-0.05, 0) is 12.1 Å². The normalized spacial score (nSPS) is 9.20. The summed E-state index contributed by atoms with van der Waals surface area (Å²) in [6.45, 7) is 0. The molecule has 0 unspecified atom stereocenters. The molecule has 0 amide bonds. The van der Waals surface area contributed by atoms with E-state index in [-0.39, 0.29) is 18.3 Å². The number of carbonyl (C=O) groups is 2. The van der Waals surface area contributed by atoms with E-state index in [2.05, 4.69) is 10.5 Å². The second kappa shape index (κ2) is 4.94. The van der Waals surface area contributed by atoms with Crippen molar-refractivity contribution < 1.29 is 18.4 Å². The van der Waals surface area contributed by atoms with Gasteiger partial charge in [-0.1, -0.05) is 6.07 Å². The molecule has 15 heavy (non-hydrogen) atoms. The molecule has 0 heterocycles. The van der Waals surface area contributed by atoms with Crippen LogP contribution in [0.3, 0.4) is 0 Å². The van der Waals surface area contributed by atoms with Crippen LogP contribution in [0.4, 0.5) is 14.5 Å². The molecule has 4 nitrogen and oxygen atoms in total. The Labute approximate surface area is 83.6 Å². The summed E-state index contributed by atoms with van der Waals surface area (Å²) in [4.78, 5) is 20.3. The summed E-state index contributed by atoms with van der Waals surface area (Å²) in [6, 6.07) is 3.41. The Morgan fingerprint density at radius 1 is 1.27 bits per heavy atom. The molecular weight excluding hydrogens is 206 g/mol. The first kappa shape index (κ1) is 11.0. The van der Waals surface area contributed by atoms with Gasteiger partial charge in [0.15, 0.2) is 29.9 Å². The van der Waals surface area contributed by atoms with Crippen molar-refractivity contribution in [2.45, 2.75) is 0 Å². The predicted octanol–water partition coefficient (Wildman–Crippen LogP) is 1.13. The van der Waals surface area contributed by atoms with Crippen LogP contribution >= 0.6 is 0 Å². The zero-order chi connectivity index (χ0) is 11.3. The number of benzene rings is 1. The number of aldehydes is 2. The number of hydrogen-bond acceptors (Lipinski definition) is 4. The van der Waals surface area contributed by atoms with Crippen molar-refractivity contribution in [3.05, 3.63) is 29.8 Å². The third-order valence-electron chi connectivity index (χ3n) is 1.50. The van der Waals surface area contributed by atoms with Crippen molar-refractivity contribution in [3.63, 3.8) is 0 Å². The van der Waals surface area contributed by atoms with Crippen LogP contribution in [0.5, 0.6) is 0 Å². The lowest BCUT2D eigenvalue weighted by Gasteiger charge is -2.01. The SMILES string of the molecule is O=CC(C=O)=NNc1cccc(F)c1F. The number of nitrogens with zero attached hydrogens (tertiary/aromatic N) is 1. The quantitative estimate of drug-likeness (QED) is 0.352. The number of carbonyl (C=O) groups excluding carboxylic acids is 2. The molecule has 0 radical (unpaired) electrons. The summed E-state index contributed by atoms with van der Waals surface area (Å²) in [7, 11) is 0. The van der Waals surface area contributed by atoms with Crippen molar-refractivity contribution in [2.24, 2.45) is 5.10 Å². The zero-order valence-electron chi connectivity index (χ0n) is 7.41. The number of anilines is 1. The van der Waals surface area contributed by atoms with Gasteiger partial charge in [0.05, 0.1) is 5.69 Å². The van der Waals surface area contributed by atoms with Gasteiger partial charge < -0.3 is 0 Å². The maximum atomic E-state index is 13.0. The Hall–Kier alpha value is -2.11. The first-order valence-corrected chi connectivity index (χ1v) is 3.87. The Morgan fingerprint density at radius 2 is 1.93 bits per heavy atom. The van der Waals surface area contributed by atoms with Crippen molar-refractivity contribution in [1.82, 2.24) is 0 Å². The summed E-state index contributed by atoms with van der Waals surface area (Å²) in [5.41, 5.74) is 1.37. The highest BCUT2D eigenvalue weighted by Gasteiger charge is 2.06. The highest BCUT2D eigenvalue weighted by molar-refractivity contribution is 6.53. The molecule has 0 aliphatic heterocycles. The highest BCUT2D eigenvalue weighted by Crippen LogP contribution is 2.16. The van der Waals surface area contributed by atoms with Gasteiger partial charge in [0.25, 0.3) is 0 Å². The fourth-order valence-corrected chi connectivity index (χ4v) is 0.795. The summed E-state index contributed by atoms with van der Waals surface area (Å²) < 4.78 is 25.6. The molecule has 0 saturated carbocycles. The van der Waals surface area contributed by atoms with Crippen LogP contribution in [-0.2, 0) is 9.59 Å². The number of halogens is 2. The van der Waals surface area contributed by atoms with E-state index in [1.54, 1.807) is 0 Å². The Bertz CT molecular complexity index is 409. The maximum Gasteiger partial charge on any atom is 0.183 e. The van der Waals surface area contributed by atoms with Crippen molar-refractivity contribution in [1.29, 1.82) is 0 Å². The molecule has 1 aromatic rings. The number of rotatable bonds is 4. The third-order valence-corrected chi connectivity index (χ3v) is 1.50. The molecule has 0 atom stereocenters. The Morgan fingerprint density at radius 3 is 2.53 bits per heavy atom. The van der Waals surface area contributed by atoms with E-state index in [1.807, 2.05) is 0 Å². The Balaban J connectivity index is 2.90. The molecule has 0 bridgehead atoms. The molecule has 0 aliphatic carbocycles. The van der Waals surface area contributed by atoms with E-state index in [9.17, 15) is 18.4 Å². The smallest absolute Gasteiger partial charge is 0.183 e. The van der Waals surface area contributed by atoms with Gasteiger partial charge in [-0.2, -0.15) is 5.10 Å². The van der Waals surface area contributed by atoms with E-state index in [4.69, 9.17) is 0 Å². The fraction of sp³-hybridized carbons (Fsp3) is 0. The van der Waals surface area contributed by atoms with Crippen molar-refractivity contribution >= 4 is 24.0 Å². The van der Waals surface area contributed by atoms with Crippen LogP contribution in [0.1, 0.15) is 0 Å². The van der Waals surface area contributed by atoms with Crippen LogP contribution < -0.4 is 5.43 Å². The Kier molecular flexibility index (Phi) is 3.61. The average Bonchev–Trinajstić information content (AvgIpc) is 2.25. The largest absolute Gasteiger partial charge is 0.296 e. The molecule has 1 rings (SSSR count). The van der Waals surface area contributed by atoms with Gasteiger partial charge in [-0.15, -0.1) is 0 Å². The van der Waals surface area contributed by atoms with E-state index in [0.717, 1.165) is 6.07 Å². The lowest BCUT2D eigenvalue weighted by Crippen LogP contribution is -2.05. The topological polar surface area (TPSA) is 58.5 Å². The van der Waals surface area contributed by atoms with Gasteiger partial charge in [-0.3, -0.25) is 15.0 Å². The molecule has 6 heteroatoms. The molecular formula is C9H6F2N2O2. The molecule has 0 aromatic heterocycles. The van der Waals surface area contributed by atoms with Crippen LogP contribution in [0.2, 0.25) is 0 Å². The van der Waals surface area contributed by atoms with Crippen LogP contribution in [0.15, 0.2) is 23.3 Å². The second-order valence-electron chi connectivity index (χ2n) is 2.49. The molecule has 0 aliphatic rings. The van der Waals surface area contributed by atoms with Gasteiger partial charge in [0.1, 0.15) is 0 Å². The van der Waals surface area contributed by atoms with Crippen LogP contribution in [0.25, 0.3) is 0 Å². The van der Waals surface area contributed by atoms with E-state index in [0.29, 0.717) is 0 Å². The third kappa shape index (κ3) is 2.67. The summed E-state index contributed by atoms with van der Waals surface area (Å²) >= 11 is 0. The molecule has 0 saturated heterocycles. The van der Waals surface area contributed by atoms with Crippen molar-refractivity contribution in [2.75, 3.05) is 5.43 Å². The second-order valence-corrected chi connectivity index (χ2v) is 2.49. The summed E-state index contributed by atoms with van der Waals surface area (Å²) in [5.74, 6) is -2.17. The minimum Gasteiger partial charge on any atom is -0.296 e. The van der Waals surface area contributed by atoms with E-state index >= 15 is 0 Å². The van der Waals surface area contributed by atoms with Crippen LogP contribution in [-0.4, -0.2) is 18.3 Å². The standard InChI is InChI=1S/C9H6F2N2O2/c10-7-2-1-3-8(9(7)11)13-12-6(4-14)5-15/h1-5,13H. The molecule has 1 aromatic carbocycles. The minimum atomic E-state index is -1.13. The molecule has 78 valence electrons. The average molecular weight is 212 g/mol.